The van der Waals surface area contributed by atoms with Crippen LogP contribution in [0.1, 0.15) is 20.8 Å². The molecule has 0 saturated heterocycles. The molecule has 3 nitrogen and oxygen atoms in total. The van der Waals surface area contributed by atoms with E-state index in [2.05, 4.69) is 5.32 Å². The van der Waals surface area contributed by atoms with Crippen molar-refractivity contribution >= 4 is 0 Å². The van der Waals surface area contributed by atoms with Gasteiger partial charge >= 0.3 is 0 Å². The number of nitrogens with one attached hydrogen (secondary N) is 1. The fraction of sp³-hybridized carbons (Fsp3) is 0.714. The summed E-state index contributed by atoms with van der Waals surface area (Å²) in [6.45, 7) is 5.77. The molecule has 0 amide bonds. The number of rotatable bonds is 1. The summed E-state index contributed by atoms with van der Waals surface area (Å²) in [5.41, 5.74) is -0.310. The van der Waals surface area contributed by atoms with Crippen LogP contribution >= 0.6 is 0 Å². The fourth-order valence-corrected chi connectivity index (χ4v) is 1.01. The molecule has 58 valence electrons. The summed E-state index contributed by atoms with van der Waals surface area (Å²) in [4.78, 5) is 0. The topological polar surface area (TPSA) is 30.5 Å². The van der Waals surface area contributed by atoms with Gasteiger partial charge in [-0.3, -0.25) is 0 Å². The van der Waals surface area contributed by atoms with E-state index in [0.717, 1.165) is 11.6 Å². The largest absolute Gasteiger partial charge is 0.480 e. The molecule has 0 atom stereocenters. The molecule has 10 heavy (non-hydrogen) atoms. The van der Waals surface area contributed by atoms with Crippen LogP contribution in [0.4, 0.5) is 0 Å². The van der Waals surface area contributed by atoms with Crippen molar-refractivity contribution in [3.8, 4) is 0 Å². The predicted octanol–water partition coefficient (Wildman–Crippen LogP) is 1.18. The molecule has 1 rings (SSSR count). The van der Waals surface area contributed by atoms with E-state index in [1.165, 1.54) is 0 Å². The molecule has 0 fully saturated rings. The highest BCUT2D eigenvalue weighted by Crippen LogP contribution is 2.22. The van der Waals surface area contributed by atoms with Crippen molar-refractivity contribution in [1.29, 1.82) is 0 Å². The number of hydrogen-bond donors (Lipinski definition) is 1. The molecule has 1 N–H and O–H groups in total. The van der Waals surface area contributed by atoms with Gasteiger partial charge in [0, 0.05) is 0 Å². The first-order valence-electron chi connectivity index (χ1n) is 3.27. The summed E-state index contributed by atoms with van der Waals surface area (Å²) in [7, 11) is 1.62. The Kier molecular flexibility index (Phi) is 1.50. The van der Waals surface area contributed by atoms with Gasteiger partial charge in [-0.15, -0.1) is 0 Å². The summed E-state index contributed by atoms with van der Waals surface area (Å²) < 4.78 is 10.4. The van der Waals surface area contributed by atoms with Gasteiger partial charge < -0.3 is 14.8 Å². The summed E-state index contributed by atoms with van der Waals surface area (Å²) in [6.07, 6.45) is 0. The van der Waals surface area contributed by atoms with Crippen molar-refractivity contribution < 1.29 is 9.47 Å². The van der Waals surface area contributed by atoms with Crippen LogP contribution in [0.3, 0.4) is 0 Å². The smallest absolute Gasteiger partial charge is 0.228 e. The molecule has 0 radical (unpaired) electrons. The molecule has 0 aromatic rings. The average molecular weight is 143 g/mol. The third kappa shape index (κ3) is 1.17. The molecule has 3 heteroatoms. The zero-order chi connectivity index (χ0) is 7.78. The van der Waals surface area contributed by atoms with E-state index in [1.54, 1.807) is 7.11 Å². The first-order chi connectivity index (χ1) is 4.55. The third-order valence-electron chi connectivity index (χ3n) is 1.35. The molecule has 0 bridgehead atoms. The Balaban J connectivity index is 2.68. The lowest BCUT2D eigenvalue weighted by molar-refractivity contribution is 0.0420. The summed E-state index contributed by atoms with van der Waals surface area (Å²) in [5.74, 6) is 1.54. The minimum atomic E-state index is -0.310. The van der Waals surface area contributed by atoms with Gasteiger partial charge in [-0.1, -0.05) is 0 Å². The summed E-state index contributed by atoms with van der Waals surface area (Å²) in [5, 5.41) is 3.06. The second-order valence-corrected chi connectivity index (χ2v) is 2.83. The van der Waals surface area contributed by atoms with Gasteiger partial charge in [0.05, 0.1) is 7.11 Å². The van der Waals surface area contributed by atoms with Crippen molar-refractivity contribution in [2.24, 2.45) is 0 Å². The van der Waals surface area contributed by atoms with E-state index in [1.807, 2.05) is 20.8 Å². The lowest BCUT2D eigenvalue weighted by Gasteiger charge is -2.18. The summed E-state index contributed by atoms with van der Waals surface area (Å²) >= 11 is 0. The van der Waals surface area contributed by atoms with E-state index in [-0.39, 0.29) is 5.72 Å². The minimum Gasteiger partial charge on any atom is -0.480 e. The van der Waals surface area contributed by atoms with E-state index in [0.29, 0.717) is 0 Å². The lowest BCUT2D eigenvalue weighted by atomic mass is 10.3. The highest BCUT2D eigenvalue weighted by molar-refractivity contribution is 5.05. The monoisotopic (exact) mass is 143 g/mol. The van der Waals surface area contributed by atoms with E-state index in [9.17, 15) is 0 Å². The van der Waals surface area contributed by atoms with Crippen LogP contribution in [0.15, 0.2) is 11.6 Å². The molecule has 1 heterocycles. The van der Waals surface area contributed by atoms with E-state index >= 15 is 0 Å². The van der Waals surface area contributed by atoms with Crippen LogP contribution < -0.4 is 5.32 Å². The lowest BCUT2D eigenvalue weighted by Crippen LogP contribution is -2.35. The number of methoxy groups -OCH3 is 1. The second kappa shape index (κ2) is 2.08. The van der Waals surface area contributed by atoms with Crippen LogP contribution in [-0.4, -0.2) is 12.8 Å². The molecule has 0 saturated carbocycles. The Hall–Kier alpha value is -0.860. The first-order valence-corrected chi connectivity index (χ1v) is 3.27. The van der Waals surface area contributed by atoms with Crippen LogP contribution in [-0.2, 0) is 9.47 Å². The van der Waals surface area contributed by atoms with Crippen LogP contribution in [0.2, 0.25) is 0 Å². The maximum Gasteiger partial charge on any atom is 0.228 e. The highest BCUT2D eigenvalue weighted by atomic mass is 16.6. The average Bonchev–Trinajstić information content (AvgIpc) is 2.05. The van der Waals surface area contributed by atoms with Crippen molar-refractivity contribution in [2.75, 3.05) is 7.11 Å². The van der Waals surface area contributed by atoms with Crippen LogP contribution in [0, 0.1) is 0 Å². The second-order valence-electron chi connectivity index (χ2n) is 2.83. The minimum absolute atomic E-state index is 0.310. The van der Waals surface area contributed by atoms with Gasteiger partial charge in [0.1, 0.15) is 0 Å². The summed E-state index contributed by atoms with van der Waals surface area (Å²) in [6, 6.07) is 0. The Labute approximate surface area is 61.0 Å². The molecule has 0 unspecified atom stereocenters. The van der Waals surface area contributed by atoms with Gasteiger partial charge in [-0.05, 0) is 20.8 Å². The third-order valence-corrected chi connectivity index (χ3v) is 1.35. The standard InChI is InChI=1S/C7H13NO2/c1-5-6(9-4)8-7(2,3)10-5/h8H,1-4H3. The molecule has 0 aromatic heterocycles. The molecular formula is C7H13NO2. The molecule has 0 spiro atoms. The number of ether oxygens (including phenoxy) is 2. The maximum absolute atomic E-state index is 5.40. The Morgan fingerprint density at radius 2 is 2.10 bits per heavy atom. The first kappa shape index (κ1) is 7.25. The zero-order valence-electron chi connectivity index (χ0n) is 6.82. The van der Waals surface area contributed by atoms with Gasteiger partial charge in [-0.2, -0.15) is 0 Å². The molecule has 1 aliphatic rings. The Morgan fingerprint density at radius 3 is 2.30 bits per heavy atom. The van der Waals surface area contributed by atoms with Crippen molar-refractivity contribution in [3.05, 3.63) is 11.6 Å². The van der Waals surface area contributed by atoms with E-state index < -0.39 is 0 Å². The van der Waals surface area contributed by atoms with Crippen LogP contribution in [0.25, 0.3) is 0 Å². The van der Waals surface area contributed by atoms with Crippen molar-refractivity contribution in [3.63, 3.8) is 0 Å². The van der Waals surface area contributed by atoms with Crippen molar-refractivity contribution in [1.82, 2.24) is 5.32 Å². The fourth-order valence-electron chi connectivity index (χ4n) is 1.01. The molecular weight excluding hydrogens is 130 g/mol. The van der Waals surface area contributed by atoms with Gasteiger partial charge in [0.15, 0.2) is 11.5 Å². The van der Waals surface area contributed by atoms with Gasteiger partial charge in [-0.25, -0.2) is 0 Å². The normalized spacial score (nSPS) is 22.0. The number of hydrogen-bond acceptors (Lipinski definition) is 3. The predicted molar refractivity (Wildman–Crippen MR) is 38.0 cm³/mol. The molecule has 0 aromatic carbocycles. The highest BCUT2D eigenvalue weighted by Gasteiger charge is 2.29. The maximum atomic E-state index is 5.40. The zero-order valence-corrected chi connectivity index (χ0v) is 6.82. The van der Waals surface area contributed by atoms with Gasteiger partial charge in [0.2, 0.25) is 5.88 Å². The van der Waals surface area contributed by atoms with Crippen molar-refractivity contribution in [2.45, 2.75) is 26.5 Å². The quantitative estimate of drug-likeness (QED) is 0.597. The van der Waals surface area contributed by atoms with Crippen LogP contribution in [0.5, 0.6) is 0 Å². The Bertz CT molecular complexity index is 172. The molecule has 1 aliphatic heterocycles. The number of allylic oxidation sites excluding steroid dienone is 1. The SMILES string of the molecule is COC1=C(C)OC(C)(C)N1. The molecule has 0 aliphatic carbocycles. The Morgan fingerprint density at radius 1 is 1.50 bits per heavy atom. The van der Waals surface area contributed by atoms with Gasteiger partial charge in [0.25, 0.3) is 0 Å². The van der Waals surface area contributed by atoms with E-state index in [4.69, 9.17) is 9.47 Å².